The highest BCUT2D eigenvalue weighted by atomic mass is 35.6. The lowest BCUT2D eigenvalue weighted by Gasteiger charge is -2.09. The van der Waals surface area contributed by atoms with Gasteiger partial charge in [0.1, 0.15) is 0 Å². The number of aryl methyl sites for hydroxylation is 1. The van der Waals surface area contributed by atoms with Gasteiger partial charge in [0.2, 0.25) is 5.78 Å². The SMILES string of the molecule is Cn1cc(C(=O)c2cccc(Cl)c2Cl)cc1C(=O)C(Cl)(Cl)Cl. The van der Waals surface area contributed by atoms with E-state index in [-0.39, 0.29) is 32.6 Å². The first kappa shape index (κ1) is 17.6. The van der Waals surface area contributed by atoms with Gasteiger partial charge in [0.25, 0.3) is 3.79 Å². The van der Waals surface area contributed by atoms with Gasteiger partial charge in [-0.1, -0.05) is 64.1 Å². The van der Waals surface area contributed by atoms with Crippen LogP contribution in [0.1, 0.15) is 26.4 Å². The topological polar surface area (TPSA) is 39.1 Å². The Morgan fingerprint density at radius 1 is 1.14 bits per heavy atom. The number of rotatable bonds is 3. The Hall–Kier alpha value is -0.710. The highest BCUT2D eigenvalue weighted by Crippen LogP contribution is 2.32. The predicted octanol–water partition coefficient (Wildman–Crippen LogP) is 5.12. The fourth-order valence-corrected chi connectivity index (χ4v) is 2.57. The molecular formula is C14H8Cl5NO2. The van der Waals surface area contributed by atoms with Crippen LogP contribution in [0.15, 0.2) is 30.5 Å². The molecule has 3 nitrogen and oxygen atoms in total. The van der Waals surface area contributed by atoms with Crippen LogP contribution in [0.5, 0.6) is 0 Å². The molecular weight excluding hydrogens is 391 g/mol. The number of nitrogens with zero attached hydrogens (tertiary/aromatic N) is 1. The van der Waals surface area contributed by atoms with Crippen LogP contribution in [-0.2, 0) is 7.05 Å². The number of alkyl halides is 3. The van der Waals surface area contributed by atoms with Crippen LogP contribution in [0.4, 0.5) is 0 Å². The zero-order valence-corrected chi connectivity index (χ0v) is 14.8. The van der Waals surface area contributed by atoms with Crippen molar-refractivity contribution in [1.82, 2.24) is 4.57 Å². The predicted molar refractivity (Wildman–Crippen MR) is 89.9 cm³/mol. The van der Waals surface area contributed by atoms with Crippen LogP contribution in [0.3, 0.4) is 0 Å². The number of carbonyl (C=O) groups is 2. The molecule has 0 aliphatic rings. The summed E-state index contributed by atoms with van der Waals surface area (Å²) in [4.78, 5) is 24.5. The fraction of sp³-hybridized carbons (Fsp3) is 0.143. The summed E-state index contributed by atoms with van der Waals surface area (Å²) in [7, 11) is 1.57. The third-order valence-corrected chi connectivity index (χ3v) is 4.29. The van der Waals surface area contributed by atoms with E-state index in [2.05, 4.69) is 0 Å². The minimum Gasteiger partial charge on any atom is -0.347 e. The van der Waals surface area contributed by atoms with Gasteiger partial charge in [-0.2, -0.15) is 0 Å². The van der Waals surface area contributed by atoms with E-state index in [0.29, 0.717) is 0 Å². The summed E-state index contributed by atoms with van der Waals surface area (Å²) in [6, 6.07) is 6.07. The molecule has 8 heteroatoms. The Bertz CT molecular complexity index is 761. The molecule has 1 aromatic carbocycles. The van der Waals surface area contributed by atoms with Crippen LogP contribution >= 0.6 is 58.0 Å². The second kappa shape index (κ2) is 6.42. The maximum Gasteiger partial charge on any atom is 0.255 e. The van der Waals surface area contributed by atoms with Gasteiger partial charge in [-0.25, -0.2) is 0 Å². The maximum absolute atomic E-state index is 12.5. The molecule has 0 unspecified atom stereocenters. The smallest absolute Gasteiger partial charge is 0.255 e. The Labute approximate surface area is 151 Å². The summed E-state index contributed by atoms with van der Waals surface area (Å²) in [6.45, 7) is 0. The monoisotopic (exact) mass is 397 g/mol. The molecule has 0 radical (unpaired) electrons. The first-order valence-corrected chi connectivity index (χ1v) is 7.78. The lowest BCUT2D eigenvalue weighted by atomic mass is 10.1. The molecule has 0 atom stereocenters. The molecule has 0 N–H and O–H groups in total. The highest BCUT2D eigenvalue weighted by molar-refractivity contribution is 6.77. The Kier molecular flexibility index (Phi) is 5.15. The van der Waals surface area contributed by atoms with Gasteiger partial charge >= 0.3 is 0 Å². The largest absolute Gasteiger partial charge is 0.347 e. The van der Waals surface area contributed by atoms with Gasteiger partial charge < -0.3 is 4.57 Å². The number of carbonyl (C=O) groups excluding carboxylic acids is 2. The molecule has 1 heterocycles. The maximum atomic E-state index is 12.5. The van der Waals surface area contributed by atoms with Gasteiger partial charge in [0, 0.05) is 24.4 Å². The van der Waals surface area contributed by atoms with Crippen molar-refractivity contribution in [2.75, 3.05) is 0 Å². The van der Waals surface area contributed by atoms with E-state index in [1.165, 1.54) is 16.8 Å². The molecule has 0 bridgehead atoms. The minimum atomic E-state index is -2.10. The number of hydrogen-bond donors (Lipinski definition) is 0. The van der Waals surface area contributed by atoms with E-state index in [4.69, 9.17) is 58.0 Å². The summed E-state index contributed by atoms with van der Waals surface area (Å²) in [6.07, 6.45) is 1.46. The quantitative estimate of drug-likeness (QED) is 0.531. The first-order chi connectivity index (χ1) is 10.1. The van der Waals surface area contributed by atoms with E-state index < -0.39 is 9.58 Å². The van der Waals surface area contributed by atoms with Gasteiger partial charge in [0.05, 0.1) is 15.7 Å². The second-order valence-corrected chi connectivity index (χ2v) is 7.55. The molecule has 0 spiro atoms. The molecule has 116 valence electrons. The van der Waals surface area contributed by atoms with Crippen LogP contribution in [0.2, 0.25) is 10.0 Å². The van der Waals surface area contributed by atoms with E-state index in [0.717, 1.165) is 0 Å². The van der Waals surface area contributed by atoms with Crippen molar-refractivity contribution >= 4 is 69.6 Å². The summed E-state index contributed by atoms with van der Waals surface area (Å²) in [5.74, 6) is -1.11. The van der Waals surface area contributed by atoms with Crippen molar-refractivity contribution < 1.29 is 9.59 Å². The lowest BCUT2D eigenvalue weighted by molar-refractivity contribution is 0.0988. The van der Waals surface area contributed by atoms with E-state index in [9.17, 15) is 9.59 Å². The van der Waals surface area contributed by atoms with Crippen molar-refractivity contribution in [2.24, 2.45) is 7.05 Å². The van der Waals surface area contributed by atoms with Gasteiger partial charge in [-0.3, -0.25) is 9.59 Å². The van der Waals surface area contributed by atoms with Crippen molar-refractivity contribution in [1.29, 1.82) is 0 Å². The van der Waals surface area contributed by atoms with E-state index in [1.807, 2.05) is 0 Å². The molecule has 0 aliphatic heterocycles. The van der Waals surface area contributed by atoms with Crippen LogP contribution in [-0.4, -0.2) is 19.9 Å². The molecule has 2 aromatic rings. The Morgan fingerprint density at radius 3 is 2.36 bits per heavy atom. The van der Waals surface area contributed by atoms with Gasteiger partial charge in [-0.15, -0.1) is 0 Å². The normalized spacial score (nSPS) is 11.5. The summed E-state index contributed by atoms with van der Waals surface area (Å²) in [5.41, 5.74) is 0.568. The molecule has 1 aromatic heterocycles. The van der Waals surface area contributed by atoms with E-state index >= 15 is 0 Å². The zero-order valence-electron chi connectivity index (χ0n) is 11.0. The number of ketones is 2. The summed E-state index contributed by atoms with van der Waals surface area (Å²) < 4.78 is -0.684. The van der Waals surface area contributed by atoms with E-state index in [1.54, 1.807) is 25.2 Å². The molecule has 0 amide bonds. The second-order valence-electron chi connectivity index (χ2n) is 4.48. The van der Waals surface area contributed by atoms with Crippen molar-refractivity contribution in [3.05, 3.63) is 57.3 Å². The molecule has 2 rings (SSSR count). The standard InChI is InChI=1S/C14H8Cl5NO2/c1-20-6-7(5-10(20)13(22)14(17,18)19)12(21)8-3-2-4-9(15)11(8)16/h2-6H,1H3. The number of Topliss-reactive ketones (excluding diaryl/α,β-unsaturated/α-hetero) is 1. The summed E-state index contributed by atoms with van der Waals surface area (Å²) >= 11 is 28.7. The van der Waals surface area contributed by atoms with Crippen molar-refractivity contribution in [3.8, 4) is 0 Å². The number of benzene rings is 1. The Balaban J connectivity index is 2.45. The molecule has 0 saturated heterocycles. The Morgan fingerprint density at radius 2 is 1.77 bits per heavy atom. The zero-order chi connectivity index (χ0) is 16.7. The molecule has 0 saturated carbocycles. The lowest BCUT2D eigenvalue weighted by Crippen LogP contribution is -2.21. The minimum absolute atomic E-state index is 0.0986. The van der Waals surface area contributed by atoms with Crippen LogP contribution in [0.25, 0.3) is 0 Å². The third kappa shape index (κ3) is 3.44. The van der Waals surface area contributed by atoms with Crippen molar-refractivity contribution in [3.63, 3.8) is 0 Å². The molecule has 0 fully saturated rings. The summed E-state index contributed by atoms with van der Waals surface area (Å²) in [5, 5.41) is 0.410. The van der Waals surface area contributed by atoms with Gasteiger partial charge in [-0.05, 0) is 18.2 Å². The number of halogens is 5. The average molecular weight is 399 g/mol. The number of hydrogen-bond acceptors (Lipinski definition) is 2. The van der Waals surface area contributed by atoms with Crippen LogP contribution in [0, 0.1) is 0 Å². The highest BCUT2D eigenvalue weighted by Gasteiger charge is 2.34. The average Bonchev–Trinajstić information content (AvgIpc) is 2.81. The first-order valence-electron chi connectivity index (χ1n) is 5.89. The molecule has 0 aliphatic carbocycles. The van der Waals surface area contributed by atoms with Crippen LogP contribution < -0.4 is 0 Å². The van der Waals surface area contributed by atoms with Gasteiger partial charge in [0.15, 0.2) is 5.78 Å². The number of aromatic nitrogens is 1. The third-order valence-electron chi connectivity index (χ3n) is 2.95. The molecule has 22 heavy (non-hydrogen) atoms. The fourth-order valence-electron chi connectivity index (χ4n) is 1.89. The van der Waals surface area contributed by atoms with Crippen molar-refractivity contribution in [2.45, 2.75) is 3.79 Å².